The van der Waals surface area contributed by atoms with Gasteiger partial charge in [-0.25, -0.2) is 0 Å². The summed E-state index contributed by atoms with van der Waals surface area (Å²) in [5.41, 5.74) is 7.62. The van der Waals surface area contributed by atoms with Crippen molar-refractivity contribution < 1.29 is 9.90 Å². The number of phenolic OH excluding ortho intramolecular Hbond substituents is 1. The smallest absolute Gasteiger partial charge is 0.251 e. The summed E-state index contributed by atoms with van der Waals surface area (Å²) < 4.78 is 2.39. The third kappa shape index (κ3) is 5.86. The van der Waals surface area contributed by atoms with Crippen LogP contribution in [0, 0.1) is 12.8 Å². The van der Waals surface area contributed by atoms with Gasteiger partial charge in [-0.05, 0) is 90.6 Å². The molecule has 4 aromatic rings. The molecule has 5 rings (SSSR count). The fourth-order valence-corrected chi connectivity index (χ4v) is 5.91. The summed E-state index contributed by atoms with van der Waals surface area (Å²) in [7, 11) is 0. The third-order valence-corrected chi connectivity index (χ3v) is 8.55. The van der Waals surface area contributed by atoms with Crippen LogP contribution in [-0.2, 0) is 18.4 Å². The number of carbonyl (C=O) groups is 1. The van der Waals surface area contributed by atoms with Gasteiger partial charge in [0.15, 0.2) is 0 Å². The number of aromatic hydroxyl groups is 1. The predicted molar refractivity (Wildman–Crippen MR) is 161 cm³/mol. The Labute approximate surface area is 237 Å². The highest BCUT2D eigenvalue weighted by Gasteiger charge is 2.23. The maximum atomic E-state index is 13.4. The normalized spacial score (nSPS) is 14.8. The van der Waals surface area contributed by atoms with E-state index >= 15 is 0 Å². The first-order valence-electron chi connectivity index (χ1n) is 14.0. The van der Waals surface area contributed by atoms with E-state index in [4.69, 9.17) is 11.6 Å². The van der Waals surface area contributed by atoms with Crippen molar-refractivity contribution in [3.63, 3.8) is 0 Å². The highest BCUT2D eigenvalue weighted by Crippen LogP contribution is 2.35. The molecule has 4 nitrogen and oxygen atoms in total. The second-order valence-electron chi connectivity index (χ2n) is 12.3. The minimum atomic E-state index is -0.100. The van der Waals surface area contributed by atoms with Crippen molar-refractivity contribution in [1.82, 2.24) is 9.88 Å². The number of aromatic nitrogens is 1. The number of hydrogen-bond donors (Lipinski definition) is 2. The number of carbonyl (C=O) groups excluding carboxylic acids is 1. The molecule has 0 aliphatic heterocycles. The van der Waals surface area contributed by atoms with Crippen LogP contribution in [0.4, 0.5) is 0 Å². The van der Waals surface area contributed by atoms with Gasteiger partial charge in [0.1, 0.15) is 5.75 Å². The Bertz CT molecular complexity index is 1490. The average Bonchev–Trinajstić information content (AvgIpc) is 3.10. The molecule has 3 aromatic carbocycles. The Morgan fingerprint density at radius 3 is 2.41 bits per heavy atom. The van der Waals surface area contributed by atoms with Crippen LogP contribution in [0.15, 0.2) is 60.7 Å². The molecule has 2 N–H and O–H groups in total. The molecular formula is C34H39ClN2O2. The van der Waals surface area contributed by atoms with E-state index in [2.05, 4.69) is 67.9 Å². The van der Waals surface area contributed by atoms with Gasteiger partial charge < -0.3 is 15.0 Å². The molecule has 1 amide bonds. The van der Waals surface area contributed by atoms with Crippen LogP contribution in [-0.4, -0.2) is 15.6 Å². The van der Waals surface area contributed by atoms with Gasteiger partial charge in [0.05, 0.1) is 6.04 Å². The maximum Gasteiger partial charge on any atom is 0.251 e. The average molecular weight is 543 g/mol. The lowest BCUT2D eigenvalue weighted by Crippen LogP contribution is -2.26. The van der Waals surface area contributed by atoms with Crippen LogP contribution < -0.4 is 5.32 Å². The Morgan fingerprint density at radius 2 is 1.79 bits per heavy atom. The van der Waals surface area contributed by atoms with Gasteiger partial charge in [0, 0.05) is 40.1 Å². The van der Waals surface area contributed by atoms with Crippen molar-refractivity contribution in [2.24, 2.45) is 5.92 Å². The topological polar surface area (TPSA) is 54.3 Å². The monoisotopic (exact) mass is 542 g/mol. The van der Waals surface area contributed by atoms with Gasteiger partial charge in [-0.2, -0.15) is 0 Å². The molecule has 5 heteroatoms. The van der Waals surface area contributed by atoms with Crippen LogP contribution >= 0.6 is 11.6 Å². The SMILES string of the molecule is Cc1c(Cc2cc(O)cc(Cl)c2)c2ccc(C(=O)N[C@@H](C)c3ccc(C(C)(C)C)cc3)cc2n1CC1CCC1. The third-order valence-electron chi connectivity index (χ3n) is 8.33. The maximum absolute atomic E-state index is 13.4. The van der Waals surface area contributed by atoms with E-state index in [0.717, 1.165) is 28.6 Å². The summed E-state index contributed by atoms with van der Waals surface area (Å²) in [5.74, 6) is 0.782. The lowest BCUT2D eigenvalue weighted by Gasteiger charge is -2.27. The largest absolute Gasteiger partial charge is 0.508 e. The van der Waals surface area contributed by atoms with Crippen LogP contribution in [0.1, 0.15) is 91.3 Å². The van der Waals surface area contributed by atoms with Gasteiger partial charge in [0.25, 0.3) is 5.91 Å². The molecule has 0 saturated heterocycles. The molecule has 1 heterocycles. The molecule has 39 heavy (non-hydrogen) atoms. The molecular weight excluding hydrogens is 504 g/mol. The number of phenols is 1. The van der Waals surface area contributed by atoms with E-state index in [-0.39, 0.29) is 23.1 Å². The predicted octanol–water partition coefficient (Wildman–Crippen LogP) is 8.49. The number of fused-ring (bicyclic) bond motifs is 1. The summed E-state index contributed by atoms with van der Waals surface area (Å²) in [6, 6.07) is 19.7. The van der Waals surface area contributed by atoms with Crippen molar-refractivity contribution in [3.05, 3.63) is 99.2 Å². The molecule has 0 unspecified atom stereocenters. The Kier molecular flexibility index (Phi) is 7.52. The van der Waals surface area contributed by atoms with Gasteiger partial charge in [-0.15, -0.1) is 0 Å². The highest BCUT2D eigenvalue weighted by atomic mass is 35.5. The van der Waals surface area contributed by atoms with Gasteiger partial charge >= 0.3 is 0 Å². The van der Waals surface area contributed by atoms with Gasteiger partial charge in [0.2, 0.25) is 0 Å². The van der Waals surface area contributed by atoms with Crippen molar-refractivity contribution in [3.8, 4) is 5.75 Å². The van der Waals surface area contributed by atoms with Crippen molar-refractivity contribution in [1.29, 1.82) is 0 Å². The molecule has 1 aliphatic carbocycles. The Morgan fingerprint density at radius 1 is 1.08 bits per heavy atom. The van der Waals surface area contributed by atoms with E-state index in [1.165, 1.54) is 36.1 Å². The summed E-state index contributed by atoms with van der Waals surface area (Å²) in [5, 5.41) is 15.0. The Balaban J connectivity index is 1.44. The van der Waals surface area contributed by atoms with Crippen LogP contribution in [0.5, 0.6) is 5.75 Å². The highest BCUT2D eigenvalue weighted by molar-refractivity contribution is 6.30. The summed E-state index contributed by atoms with van der Waals surface area (Å²) >= 11 is 6.23. The summed E-state index contributed by atoms with van der Waals surface area (Å²) in [6.45, 7) is 11.8. The number of rotatable bonds is 7. The zero-order chi connectivity index (χ0) is 27.9. The quantitative estimate of drug-likeness (QED) is 0.246. The molecule has 1 fully saturated rings. The minimum Gasteiger partial charge on any atom is -0.508 e. The standard InChI is InChI=1S/C34H39ClN2O2/c1-21(25-9-12-27(13-10-25)34(3,4)5)36-33(39)26-11-14-30-31(17-24-15-28(35)19-29(38)16-24)22(2)37(32(30)18-26)20-23-7-6-8-23/h9-16,18-19,21,23,38H,6-8,17,20H2,1-5H3,(H,36,39)/t21-/m0/s1. The summed E-state index contributed by atoms with van der Waals surface area (Å²) in [6.07, 6.45) is 4.46. The molecule has 0 bridgehead atoms. The van der Waals surface area contributed by atoms with E-state index < -0.39 is 0 Å². The van der Waals surface area contributed by atoms with E-state index in [9.17, 15) is 9.90 Å². The first kappa shape index (κ1) is 27.3. The van der Waals surface area contributed by atoms with Crippen LogP contribution in [0.3, 0.4) is 0 Å². The van der Waals surface area contributed by atoms with Crippen LogP contribution in [0.25, 0.3) is 10.9 Å². The molecule has 0 spiro atoms. The number of nitrogens with one attached hydrogen (secondary N) is 1. The Hall–Kier alpha value is -3.24. The van der Waals surface area contributed by atoms with E-state index in [1.54, 1.807) is 12.1 Å². The number of benzene rings is 3. The van der Waals surface area contributed by atoms with Crippen molar-refractivity contribution in [2.75, 3.05) is 0 Å². The number of nitrogens with zero attached hydrogens (tertiary/aromatic N) is 1. The lowest BCUT2D eigenvalue weighted by atomic mass is 9.85. The minimum absolute atomic E-state index is 0.0698. The van der Waals surface area contributed by atoms with E-state index in [0.29, 0.717) is 22.9 Å². The molecule has 1 aliphatic rings. The number of hydrogen-bond acceptors (Lipinski definition) is 2. The van der Waals surface area contributed by atoms with Gasteiger partial charge in [-0.1, -0.05) is 69.1 Å². The lowest BCUT2D eigenvalue weighted by molar-refractivity contribution is 0.0940. The fraction of sp³-hybridized carbons (Fsp3) is 0.382. The fourth-order valence-electron chi connectivity index (χ4n) is 5.66. The first-order valence-corrected chi connectivity index (χ1v) is 14.4. The van der Waals surface area contributed by atoms with Crippen molar-refractivity contribution in [2.45, 2.75) is 78.3 Å². The van der Waals surface area contributed by atoms with Crippen LogP contribution in [0.2, 0.25) is 5.02 Å². The molecule has 204 valence electrons. The zero-order valence-corrected chi connectivity index (χ0v) is 24.4. The zero-order valence-electron chi connectivity index (χ0n) is 23.6. The molecule has 1 saturated carbocycles. The van der Waals surface area contributed by atoms with Gasteiger partial charge in [-0.3, -0.25) is 4.79 Å². The first-order chi connectivity index (χ1) is 18.5. The number of amides is 1. The molecule has 1 aromatic heterocycles. The van der Waals surface area contributed by atoms with E-state index in [1.807, 2.05) is 25.1 Å². The number of halogens is 1. The summed E-state index contributed by atoms with van der Waals surface area (Å²) in [4.78, 5) is 13.4. The van der Waals surface area contributed by atoms with Crippen molar-refractivity contribution >= 4 is 28.4 Å². The second kappa shape index (κ2) is 10.7. The molecule has 1 atom stereocenters. The molecule has 0 radical (unpaired) electrons. The second-order valence-corrected chi connectivity index (χ2v) is 12.7.